The number of hydrogen-bond donors (Lipinski definition) is 3. The fourth-order valence-electron chi connectivity index (χ4n) is 3.41. The maximum Gasteiger partial charge on any atom is 0.166 e. The third-order valence-corrected chi connectivity index (χ3v) is 4.95. The van der Waals surface area contributed by atoms with Gasteiger partial charge in [0.15, 0.2) is 22.8 Å². The van der Waals surface area contributed by atoms with Gasteiger partial charge in [-0.15, -0.1) is 0 Å². The number of benzene rings is 1. The predicted molar refractivity (Wildman–Crippen MR) is 116 cm³/mol. The largest absolute Gasteiger partial charge is 0.395 e. The standard InChI is InChI=1S/C21H25N7O2/c1-23-6-5-17(22)15-3-2-4-16(13-15)19-25-20(27-8-11-30-12-9-27)18-21(26-19)28(7-10-29)14-24-18/h2-6,13-14,22-23,29H,7-12H2,1H3/b6-5-,22-17?. The second kappa shape index (κ2) is 9.02. The molecule has 3 N–H and O–H groups in total. The number of allylic oxidation sites excluding steroid dienone is 1. The Kier molecular flexibility index (Phi) is 6.01. The molecule has 0 bridgehead atoms. The monoisotopic (exact) mass is 407 g/mol. The summed E-state index contributed by atoms with van der Waals surface area (Å²) in [6.07, 6.45) is 5.12. The Morgan fingerprint density at radius 3 is 2.90 bits per heavy atom. The second-order valence-corrected chi connectivity index (χ2v) is 6.92. The Hall–Kier alpha value is -3.30. The van der Waals surface area contributed by atoms with Crippen LogP contribution >= 0.6 is 0 Å². The molecule has 4 rings (SSSR count). The summed E-state index contributed by atoms with van der Waals surface area (Å²) >= 11 is 0. The Morgan fingerprint density at radius 1 is 1.30 bits per heavy atom. The zero-order chi connectivity index (χ0) is 20.9. The van der Waals surface area contributed by atoms with E-state index >= 15 is 0 Å². The molecule has 9 nitrogen and oxygen atoms in total. The molecule has 0 saturated carbocycles. The van der Waals surface area contributed by atoms with Crippen molar-refractivity contribution in [2.45, 2.75) is 6.54 Å². The van der Waals surface area contributed by atoms with E-state index in [1.807, 2.05) is 28.8 Å². The van der Waals surface area contributed by atoms with E-state index in [0.29, 0.717) is 36.9 Å². The predicted octanol–water partition coefficient (Wildman–Crippen LogP) is 1.42. The number of hydrogen-bond acceptors (Lipinski definition) is 8. The highest BCUT2D eigenvalue weighted by atomic mass is 16.5. The van der Waals surface area contributed by atoms with Crippen LogP contribution in [0.3, 0.4) is 0 Å². The van der Waals surface area contributed by atoms with Crippen molar-refractivity contribution in [3.05, 3.63) is 48.4 Å². The van der Waals surface area contributed by atoms with Crippen LogP contribution in [-0.2, 0) is 11.3 Å². The van der Waals surface area contributed by atoms with Crippen molar-refractivity contribution in [3.63, 3.8) is 0 Å². The van der Waals surface area contributed by atoms with E-state index in [-0.39, 0.29) is 6.61 Å². The van der Waals surface area contributed by atoms with Gasteiger partial charge in [-0.3, -0.25) is 0 Å². The lowest BCUT2D eigenvalue weighted by Crippen LogP contribution is -2.37. The summed E-state index contributed by atoms with van der Waals surface area (Å²) < 4.78 is 7.33. The minimum absolute atomic E-state index is 0.00211. The highest BCUT2D eigenvalue weighted by Crippen LogP contribution is 2.28. The molecular formula is C21H25N7O2. The summed E-state index contributed by atoms with van der Waals surface area (Å²) in [6.45, 7) is 3.16. The van der Waals surface area contributed by atoms with E-state index in [9.17, 15) is 5.11 Å². The van der Waals surface area contributed by atoms with Crippen LogP contribution in [0.25, 0.3) is 22.6 Å². The second-order valence-electron chi connectivity index (χ2n) is 6.92. The number of nitrogens with zero attached hydrogens (tertiary/aromatic N) is 5. The lowest BCUT2D eigenvalue weighted by Gasteiger charge is -2.28. The molecule has 30 heavy (non-hydrogen) atoms. The van der Waals surface area contributed by atoms with Crippen molar-refractivity contribution in [1.29, 1.82) is 5.41 Å². The van der Waals surface area contributed by atoms with Gasteiger partial charge in [-0.2, -0.15) is 0 Å². The van der Waals surface area contributed by atoms with Gasteiger partial charge in [0, 0.05) is 37.8 Å². The molecule has 0 radical (unpaired) electrons. The smallest absolute Gasteiger partial charge is 0.166 e. The number of morpholine rings is 1. The van der Waals surface area contributed by atoms with Gasteiger partial charge in [-0.25, -0.2) is 15.0 Å². The SMILES string of the molecule is CN/C=C\C(=N)c1cccc(-c2nc(N3CCOCC3)c3ncn(CCO)c3n2)c1. The topological polar surface area (TPSA) is 112 Å². The van der Waals surface area contributed by atoms with Crippen molar-refractivity contribution in [2.24, 2.45) is 0 Å². The van der Waals surface area contributed by atoms with Gasteiger partial charge in [0.2, 0.25) is 0 Å². The molecule has 1 aromatic carbocycles. The van der Waals surface area contributed by atoms with E-state index in [1.54, 1.807) is 25.7 Å². The number of aliphatic hydroxyl groups is 1. The maximum atomic E-state index is 9.42. The summed E-state index contributed by atoms with van der Waals surface area (Å²) in [4.78, 5) is 16.3. The lowest BCUT2D eigenvalue weighted by molar-refractivity contribution is 0.122. The molecule has 0 amide bonds. The first kappa shape index (κ1) is 20.0. The van der Waals surface area contributed by atoms with Crippen LogP contribution in [-0.4, -0.2) is 70.3 Å². The van der Waals surface area contributed by atoms with Crippen LogP contribution in [0.2, 0.25) is 0 Å². The molecule has 156 valence electrons. The average Bonchev–Trinajstić information content (AvgIpc) is 3.20. The first-order chi connectivity index (χ1) is 14.7. The summed E-state index contributed by atoms with van der Waals surface area (Å²) in [6, 6.07) is 7.65. The third kappa shape index (κ3) is 4.03. The van der Waals surface area contributed by atoms with Gasteiger partial charge >= 0.3 is 0 Å². The maximum absolute atomic E-state index is 9.42. The Labute approximate surface area is 174 Å². The molecule has 0 unspecified atom stereocenters. The van der Waals surface area contributed by atoms with Crippen molar-refractivity contribution in [2.75, 3.05) is 44.9 Å². The van der Waals surface area contributed by atoms with E-state index < -0.39 is 0 Å². The third-order valence-electron chi connectivity index (χ3n) is 4.95. The number of imidazole rings is 1. The number of aromatic nitrogens is 4. The van der Waals surface area contributed by atoms with Crippen LogP contribution in [0.4, 0.5) is 5.82 Å². The van der Waals surface area contributed by atoms with Gasteiger partial charge in [0.1, 0.15) is 0 Å². The molecule has 2 aromatic heterocycles. The van der Waals surface area contributed by atoms with Crippen molar-refractivity contribution >= 4 is 22.7 Å². The van der Waals surface area contributed by atoms with Crippen LogP contribution in [0.5, 0.6) is 0 Å². The van der Waals surface area contributed by atoms with Crippen LogP contribution < -0.4 is 10.2 Å². The van der Waals surface area contributed by atoms with Gasteiger partial charge in [-0.05, 0) is 18.3 Å². The first-order valence-electron chi connectivity index (χ1n) is 9.91. The minimum Gasteiger partial charge on any atom is -0.395 e. The van der Waals surface area contributed by atoms with Crippen molar-refractivity contribution in [3.8, 4) is 11.4 Å². The Morgan fingerprint density at radius 2 is 2.13 bits per heavy atom. The average molecular weight is 407 g/mol. The molecule has 0 aliphatic carbocycles. The van der Waals surface area contributed by atoms with Crippen LogP contribution in [0.1, 0.15) is 5.56 Å². The van der Waals surface area contributed by atoms with Crippen LogP contribution in [0, 0.1) is 5.41 Å². The Balaban J connectivity index is 1.81. The number of aliphatic hydroxyl groups excluding tert-OH is 1. The first-order valence-corrected chi connectivity index (χ1v) is 9.91. The molecule has 0 atom stereocenters. The summed E-state index contributed by atoms with van der Waals surface area (Å²) in [5.74, 6) is 1.33. The highest BCUT2D eigenvalue weighted by Gasteiger charge is 2.21. The fourth-order valence-corrected chi connectivity index (χ4v) is 3.41. The van der Waals surface area contributed by atoms with Gasteiger partial charge in [0.25, 0.3) is 0 Å². The van der Waals surface area contributed by atoms with Crippen molar-refractivity contribution in [1.82, 2.24) is 24.8 Å². The molecule has 1 fully saturated rings. The summed E-state index contributed by atoms with van der Waals surface area (Å²) in [7, 11) is 1.80. The molecule has 9 heteroatoms. The number of nitrogens with one attached hydrogen (secondary N) is 2. The molecule has 3 aromatic rings. The highest BCUT2D eigenvalue weighted by molar-refractivity contribution is 6.07. The number of rotatable bonds is 7. The van der Waals surface area contributed by atoms with E-state index in [1.165, 1.54) is 0 Å². The molecular weight excluding hydrogens is 382 g/mol. The van der Waals surface area contributed by atoms with Gasteiger partial charge in [0.05, 0.1) is 31.9 Å². The quantitative estimate of drug-likeness (QED) is 0.508. The zero-order valence-electron chi connectivity index (χ0n) is 16.9. The van der Waals surface area contributed by atoms with Crippen molar-refractivity contribution < 1.29 is 9.84 Å². The number of ether oxygens (including phenoxy) is 1. The molecule has 3 heterocycles. The molecule has 1 aliphatic rings. The number of anilines is 1. The molecule has 0 spiro atoms. The van der Waals surface area contributed by atoms with Crippen LogP contribution in [0.15, 0.2) is 42.9 Å². The molecule has 1 aliphatic heterocycles. The lowest BCUT2D eigenvalue weighted by atomic mass is 10.1. The van der Waals surface area contributed by atoms with Gasteiger partial charge < -0.3 is 30.0 Å². The summed E-state index contributed by atoms with van der Waals surface area (Å²) in [5.41, 5.74) is 3.40. The normalized spacial score (nSPS) is 14.5. The van der Waals surface area contributed by atoms with E-state index in [0.717, 1.165) is 35.6 Å². The number of fused-ring (bicyclic) bond motifs is 1. The Bertz CT molecular complexity index is 1070. The van der Waals surface area contributed by atoms with Gasteiger partial charge in [-0.1, -0.05) is 18.2 Å². The van der Waals surface area contributed by atoms with E-state index in [4.69, 9.17) is 20.1 Å². The zero-order valence-corrected chi connectivity index (χ0v) is 16.9. The fraction of sp³-hybridized carbons (Fsp3) is 0.333. The minimum atomic E-state index is 0.00211. The van der Waals surface area contributed by atoms with E-state index in [2.05, 4.69) is 15.2 Å². The summed E-state index contributed by atoms with van der Waals surface area (Å²) in [5, 5.41) is 20.6. The molecule has 1 saturated heterocycles.